The summed E-state index contributed by atoms with van der Waals surface area (Å²) in [5.74, 6) is 0.718. The Hall–Kier alpha value is -1.38. The third-order valence-corrected chi connectivity index (χ3v) is 4.62. The van der Waals surface area contributed by atoms with Gasteiger partial charge in [-0.05, 0) is 54.3 Å². The Morgan fingerprint density at radius 1 is 1.05 bits per heavy atom. The van der Waals surface area contributed by atoms with Crippen molar-refractivity contribution in [2.45, 2.75) is 39.3 Å². The topological polar surface area (TPSA) is 15.3 Å². The molecule has 0 radical (unpaired) electrons. The molecule has 0 saturated carbocycles. The summed E-state index contributed by atoms with van der Waals surface area (Å²) in [4.78, 5) is 2.70. The Morgan fingerprint density at radius 3 is 2.50 bits per heavy atom. The molecule has 2 heteroatoms. The summed E-state index contributed by atoms with van der Waals surface area (Å²) in [7, 11) is 0. The number of nitrogens with zero attached hydrogens (tertiary/aromatic N) is 1. The molecule has 1 N–H and O–H groups in total. The molecule has 2 aromatic rings. The zero-order chi connectivity index (χ0) is 15.4. The molecule has 22 heavy (non-hydrogen) atoms. The fourth-order valence-electron chi connectivity index (χ4n) is 3.56. The van der Waals surface area contributed by atoms with Gasteiger partial charge in [0.1, 0.15) is 0 Å². The molecule has 0 spiro atoms. The number of hydrogen-bond acceptors (Lipinski definition) is 2. The predicted octanol–water partition coefficient (Wildman–Crippen LogP) is 4.05. The standard InChI is InChI=1S/C20H28N2/c1-16(2)14-22(20-9-11-21-12-10-20)15-17-7-8-18-5-3-4-6-19(18)13-17/h3-8,13,16,20-21H,9-12,14-15H2,1-2H3. The molecule has 0 aromatic heterocycles. The van der Waals surface area contributed by atoms with E-state index in [0.29, 0.717) is 0 Å². The fourth-order valence-corrected chi connectivity index (χ4v) is 3.56. The summed E-state index contributed by atoms with van der Waals surface area (Å²) in [5.41, 5.74) is 1.44. The molecule has 1 aliphatic rings. The second kappa shape index (κ2) is 7.26. The van der Waals surface area contributed by atoms with E-state index in [1.54, 1.807) is 0 Å². The van der Waals surface area contributed by atoms with Gasteiger partial charge in [0.15, 0.2) is 0 Å². The van der Waals surface area contributed by atoms with Gasteiger partial charge >= 0.3 is 0 Å². The molecular weight excluding hydrogens is 268 g/mol. The van der Waals surface area contributed by atoms with E-state index in [0.717, 1.165) is 31.6 Å². The Labute approximate surface area is 134 Å². The van der Waals surface area contributed by atoms with Gasteiger partial charge in [0.2, 0.25) is 0 Å². The van der Waals surface area contributed by atoms with E-state index >= 15 is 0 Å². The van der Waals surface area contributed by atoms with Crippen molar-refractivity contribution in [3.63, 3.8) is 0 Å². The highest BCUT2D eigenvalue weighted by atomic mass is 15.2. The van der Waals surface area contributed by atoms with E-state index in [-0.39, 0.29) is 0 Å². The molecule has 2 nitrogen and oxygen atoms in total. The van der Waals surface area contributed by atoms with E-state index < -0.39 is 0 Å². The highest BCUT2D eigenvalue weighted by Gasteiger charge is 2.21. The first-order valence-electron chi connectivity index (χ1n) is 8.65. The fraction of sp³-hybridized carbons (Fsp3) is 0.500. The molecule has 1 heterocycles. The van der Waals surface area contributed by atoms with Gasteiger partial charge in [-0.25, -0.2) is 0 Å². The van der Waals surface area contributed by atoms with E-state index in [1.807, 2.05) is 0 Å². The largest absolute Gasteiger partial charge is 0.317 e. The quantitative estimate of drug-likeness (QED) is 0.895. The summed E-state index contributed by atoms with van der Waals surface area (Å²) >= 11 is 0. The van der Waals surface area contributed by atoms with Crippen LogP contribution in [0.3, 0.4) is 0 Å². The van der Waals surface area contributed by atoms with Crippen molar-refractivity contribution in [3.05, 3.63) is 48.0 Å². The van der Waals surface area contributed by atoms with Gasteiger partial charge in [0.25, 0.3) is 0 Å². The van der Waals surface area contributed by atoms with Gasteiger partial charge in [-0.15, -0.1) is 0 Å². The molecule has 3 rings (SSSR count). The van der Waals surface area contributed by atoms with Gasteiger partial charge < -0.3 is 5.32 Å². The van der Waals surface area contributed by atoms with Crippen LogP contribution in [0.5, 0.6) is 0 Å². The van der Waals surface area contributed by atoms with Gasteiger partial charge in [0, 0.05) is 19.1 Å². The van der Waals surface area contributed by atoms with Crippen LogP contribution in [0.15, 0.2) is 42.5 Å². The van der Waals surface area contributed by atoms with Crippen LogP contribution >= 0.6 is 0 Å². The molecule has 0 aliphatic carbocycles. The van der Waals surface area contributed by atoms with Crippen molar-refractivity contribution >= 4 is 10.8 Å². The summed E-state index contributed by atoms with van der Waals surface area (Å²) in [6, 6.07) is 16.3. The van der Waals surface area contributed by atoms with Crippen molar-refractivity contribution in [2.75, 3.05) is 19.6 Å². The lowest BCUT2D eigenvalue weighted by atomic mass is 10.0. The lowest BCUT2D eigenvalue weighted by Crippen LogP contribution is -2.44. The van der Waals surface area contributed by atoms with E-state index in [9.17, 15) is 0 Å². The first-order chi connectivity index (χ1) is 10.7. The third-order valence-electron chi connectivity index (χ3n) is 4.62. The maximum Gasteiger partial charge on any atom is 0.0237 e. The van der Waals surface area contributed by atoms with Crippen LogP contribution in [0.4, 0.5) is 0 Å². The van der Waals surface area contributed by atoms with Crippen molar-refractivity contribution in [1.29, 1.82) is 0 Å². The van der Waals surface area contributed by atoms with Gasteiger partial charge in [0.05, 0.1) is 0 Å². The van der Waals surface area contributed by atoms with E-state index in [4.69, 9.17) is 0 Å². The number of hydrogen-bond donors (Lipinski definition) is 1. The Kier molecular flexibility index (Phi) is 5.12. The van der Waals surface area contributed by atoms with Crippen LogP contribution in [0.25, 0.3) is 10.8 Å². The van der Waals surface area contributed by atoms with Crippen molar-refractivity contribution in [3.8, 4) is 0 Å². The highest BCUT2D eigenvalue weighted by molar-refractivity contribution is 5.82. The molecule has 2 aromatic carbocycles. The van der Waals surface area contributed by atoms with Crippen LogP contribution in [-0.4, -0.2) is 30.6 Å². The molecule has 0 bridgehead atoms. The minimum atomic E-state index is 0.718. The second-order valence-corrected chi connectivity index (χ2v) is 6.99. The zero-order valence-corrected chi connectivity index (χ0v) is 13.9. The SMILES string of the molecule is CC(C)CN(Cc1ccc2ccccc2c1)C1CCNCC1. The first-order valence-corrected chi connectivity index (χ1v) is 8.65. The van der Waals surface area contributed by atoms with Crippen LogP contribution < -0.4 is 5.32 Å². The van der Waals surface area contributed by atoms with Crippen molar-refractivity contribution in [2.24, 2.45) is 5.92 Å². The van der Waals surface area contributed by atoms with Gasteiger partial charge in [-0.3, -0.25) is 4.90 Å². The molecule has 1 saturated heterocycles. The van der Waals surface area contributed by atoms with Gasteiger partial charge in [-0.1, -0.05) is 50.2 Å². The normalized spacial score (nSPS) is 16.7. The molecule has 0 atom stereocenters. The highest BCUT2D eigenvalue weighted by Crippen LogP contribution is 2.21. The summed E-state index contributed by atoms with van der Waals surface area (Å²) in [5, 5.41) is 6.18. The minimum Gasteiger partial charge on any atom is -0.317 e. The van der Waals surface area contributed by atoms with Crippen molar-refractivity contribution in [1.82, 2.24) is 10.2 Å². The average Bonchev–Trinajstić information content (AvgIpc) is 2.54. The minimum absolute atomic E-state index is 0.718. The van der Waals surface area contributed by atoms with Crippen LogP contribution in [0.2, 0.25) is 0 Å². The summed E-state index contributed by atoms with van der Waals surface area (Å²) in [6.07, 6.45) is 2.56. The number of piperidine rings is 1. The molecule has 118 valence electrons. The number of fused-ring (bicyclic) bond motifs is 1. The van der Waals surface area contributed by atoms with Crippen LogP contribution in [0.1, 0.15) is 32.3 Å². The molecule has 1 fully saturated rings. The number of benzene rings is 2. The maximum atomic E-state index is 3.48. The smallest absolute Gasteiger partial charge is 0.0237 e. The summed E-state index contributed by atoms with van der Waals surface area (Å²) < 4.78 is 0. The Balaban J connectivity index is 1.77. The second-order valence-electron chi connectivity index (χ2n) is 6.99. The molecule has 0 amide bonds. The van der Waals surface area contributed by atoms with E-state index in [1.165, 1.54) is 35.7 Å². The number of rotatable bonds is 5. The predicted molar refractivity (Wildman–Crippen MR) is 95.1 cm³/mol. The van der Waals surface area contributed by atoms with Crippen LogP contribution in [0, 0.1) is 5.92 Å². The average molecular weight is 296 g/mol. The molecular formula is C20H28N2. The molecule has 1 aliphatic heterocycles. The zero-order valence-electron chi connectivity index (χ0n) is 13.9. The Bertz CT molecular complexity index is 599. The van der Waals surface area contributed by atoms with Gasteiger partial charge in [-0.2, -0.15) is 0 Å². The maximum absolute atomic E-state index is 3.48. The first kappa shape index (κ1) is 15.5. The van der Waals surface area contributed by atoms with E-state index in [2.05, 4.69) is 66.5 Å². The number of nitrogens with one attached hydrogen (secondary N) is 1. The molecule has 0 unspecified atom stereocenters. The lowest BCUT2D eigenvalue weighted by molar-refractivity contribution is 0.137. The lowest BCUT2D eigenvalue weighted by Gasteiger charge is -2.36. The summed E-state index contributed by atoms with van der Waals surface area (Å²) in [6.45, 7) is 9.25. The third kappa shape index (κ3) is 3.88. The Morgan fingerprint density at radius 2 is 1.77 bits per heavy atom. The monoisotopic (exact) mass is 296 g/mol. The van der Waals surface area contributed by atoms with Crippen LogP contribution in [-0.2, 0) is 6.54 Å². The van der Waals surface area contributed by atoms with Crippen molar-refractivity contribution < 1.29 is 0 Å².